The van der Waals surface area contributed by atoms with Crippen LogP contribution in [0, 0.1) is 6.92 Å². The van der Waals surface area contributed by atoms with Crippen LogP contribution in [0.2, 0.25) is 0 Å². The number of hydrazine groups is 1. The molecule has 0 unspecified atom stereocenters. The van der Waals surface area contributed by atoms with Crippen LogP contribution in [0.3, 0.4) is 0 Å². The van der Waals surface area contributed by atoms with E-state index in [1.165, 1.54) is 0 Å². The van der Waals surface area contributed by atoms with Crippen molar-refractivity contribution < 1.29 is 0 Å². The molecule has 0 aromatic carbocycles. The van der Waals surface area contributed by atoms with Gasteiger partial charge in [-0.25, -0.2) is 15.0 Å². The van der Waals surface area contributed by atoms with E-state index < -0.39 is 0 Å². The van der Waals surface area contributed by atoms with E-state index in [0.29, 0.717) is 0 Å². The third-order valence-electron chi connectivity index (χ3n) is 1.96. The second kappa shape index (κ2) is 5.50. The smallest absolute Gasteiger partial charge is 0.148 e. The van der Waals surface area contributed by atoms with Crippen molar-refractivity contribution in [3.05, 3.63) is 11.9 Å². The molecule has 0 aliphatic carbocycles. The van der Waals surface area contributed by atoms with Gasteiger partial charge in [0.05, 0.1) is 0 Å². The van der Waals surface area contributed by atoms with Crippen molar-refractivity contribution in [1.82, 2.24) is 15.0 Å². The topological polar surface area (TPSA) is 53.1 Å². The average molecular weight is 209 g/mol. The lowest BCUT2D eigenvalue weighted by atomic mass is 10.3. The quantitative estimate of drug-likeness (QED) is 0.720. The van der Waals surface area contributed by atoms with E-state index in [2.05, 4.69) is 27.6 Å². The fourth-order valence-corrected chi connectivity index (χ4v) is 1.20. The third-order valence-corrected chi connectivity index (χ3v) is 1.96. The van der Waals surface area contributed by atoms with Gasteiger partial charge in [-0.05, 0) is 13.3 Å². The molecule has 1 heterocycles. The fraction of sp³-hybridized carbons (Fsp3) is 0.600. The lowest BCUT2D eigenvalue weighted by Gasteiger charge is -2.16. The van der Waals surface area contributed by atoms with Crippen molar-refractivity contribution >= 4 is 11.6 Å². The van der Waals surface area contributed by atoms with Gasteiger partial charge in [0.15, 0.2) is 0 Å². The Labute approximate surface area is 90.9 Å². The molecule has 0 bridgehead atoms. The first-order valence-corrected chi connectivity index (χ1v) is 5.14. The SMILES string of the molecule is CCCNc1ncnc(NN(C)C)c1C. The van der Waals surface area contributed by atoms with Crippen LogP contribution >= 0.6 is 0 Å². The highest BCUT2D eigenvalue weighted by Gasteiger charge is 2.06. The minimum absolute atomic E-state index is 0.841. The number of rotatable bonds is 5. The van der Waals surface area contributed by atoms with Crippen LogP contribution in [0.1, 0.15) is 18.9 Å². The summed E-state index contributed by atoms with van der Waals surface area (Å²) in [7, 11) is 3.86. The Morgan fingerprint density at radius 3 is 2.53 bits per heavy atom. The Bertz CT molecular complexity index is 311. The minimum atomic E-state index is 0.841. The van der Waals surface area contributed by atoms with Crippen molar-refractivity contribution in [2.24, 2.45) is 0 Å². The zero-order valence-electron chi connectivity index (χ0n) is 9.83. The summed E-state index contributed by atoms with van der Waals surface area (Å²) in [6, 6.07) is 0. The summed E-state index contributed by atoms with van der Waals surface area (Å²) < 4.78 is 0. The Morgan fingerprint density at radius 2 is 1.93 bits per heavy atom. The summed E-state index contributed by atoms with van der Waals surface area (Å²) >= 11 is 0. The third kappa shape index (κ3) is 3.36. The number of nitrogens with one attached hydrogen (secondary N) is 2. The van der Waals surface area contributed by atoms with Crippen molar-refractivity contribution in [3.8, 4) is 0 Å². The molecule has 0 atom stereocenters. The molecule has 0 aliphatic rings. The van der Waals surface area contributed by atoms with Crippen molar-refractivity contribution in [2.75, 3.05) is 31.4 Å². The first-order valence-electron chi connectivity index (χ1n) is 5.14. The summed E-state index contributed by atoms with van der Waals surface area (Å²) in [5, 5.41) is 5.13. The predicted molar refractivity (Wildman–Crippen MR) is 62.9 cm³/mol. The van der Waals surface area contributed by atoms with Gasteiger partial charge in [-0.15, -0.1) is 0 Å². The predicted octanol–water partition coefficient (Wildman–Crippen LogP) is 1.50. The van der Waals surface area contributed by atoms with Crippen molar-refractivity contribution in [2.45, 2.75) is 20.3 Å². The van der Waals surface area contributed by atoms with Crippen molar-refractivity contribution in [1.29, 1.82) is 0 Å². The van der Waals surface area contributed by atoms with Gasteiger partial charge in [0.1, 0.15) is 18.0 Å². The molecule has 0 fully saturated rings. The molecule has 5 heteroatoms. The van der Waals surface area contributed by atoms with Gasteiger partial charge in [0.2, 0.25) is 0 Å². The first-order chi connectivity index (χ1) is 7.15. The molecule has 0 spiro atoms. The number of hydrogen-bond acceptors (Lipinski definition) is 5. The Morgan fingerprint density at radius 1 is 1.27 bits per heavy atom. The Kier molecular flexibility index (Phi) is 4.30. The van der Waals surface area contributed by atoms with Gasteiger partial charge in [0.25, 0.3) is 0 Å². The zero-order chi connectivity index (χ0) is 11.3. The highest BCUT2D eigenvalue weighted by atomic mass is 15.5. The molecule has 1 aromatic heterocycles. The fourth-order valence-electron chi connectivity index (χ4n) is 1.20. The Balaban J connectivity index is 2.80. The van der Waals surface area contributed by atoms with E-state index in [0.717, 1.165) is 30.2 Å². The van der Waals surface area contributed by atoms with E-state index in [1.807, 2.05) is 26.0 Å². The molecule has 5 nitrogen and oxygen atoms in total. The number of hydrogen-bond donors (Lipinski definition) is 2. The number of nitrogens with zero attached hydrogens (tertiary/aromatic N) is 3. The molecule has 0 saturated heterocycles. The maximum Gasteiger partial charge on any atom is 0.148 e. The lowest BCUT2D eigenvalue weighted by molar-refractivity contribution is 0.491. The van der Waals surface area contributed by atoms with Crippen LogP contribution in [-0.4, -0.2) is 35.6 Å². The normalized spacial score (nSPS) is 10.5. The van der Waals surface area contributed by atoms with Crippen LogP contribution in [0.25, 0.3) is 0 Å². The summed E-state index contributed by atoms with van der Waals surface area (Å²) in [6.07, 6.45) is 2.65. The first kappa shape index (κ1) is 11.7. The maximum absolute atomic E-state index is 4.20. The lowest BCUT2D eigenvalue weighted by Crippen LogP contribution is -2.21. The molecule has 0 amide bonds. The van der Waals surface area contributed by atoms with E-state index in [1.54, 1.807) is 6.33 Å². The number of anilines is 2. The van der Waals surface area contributed by atoms with Crippen LogP contribution in [0.5, 0.6) is 0 Å². The second-order valence-corrected chi connectivity index (χ2v) is 3.63. The van der Waals surface area contributed by atoms with Crippen LogP contribution < -0.4 is 10.7 Å². The average Bonchev–Trinajstić information content (AvgIpc) is 2.19. The molecule has 0 radical (unpaired) electrons. The molecule has 84 valence electrons. The molecule has 15 heavy (non-hydrogen) atoms. The van der Waals surface area contributed by atoms with E-state index in [9.17, 15) is 0 Å². The minimum Gasteiger partial charge on any atom is -0.370 e. The van der Waals surface area contributed by atoms with E-state index in [-0.39, 0.29) is 0 Å². The number of aromatic nitrogens is 2. The zero-order valence-corrected chi connectivity index (χ0v) is 9.83. The van der Waals surface area contributed by atoms with E-state index >= 15 is 0 Å². The maximum atomic E-state index is 4.20. The highest BCUT2D eigenvalue weighted by molar-refractivity contribution is 5.55. The summed E-state index contributed by atoms with van der Waals surface area (Å²) in [5.41, 5.74) is 4.17. The molecular formula is C10H19N5. The monoisotopic (exact) mass is 209 g/mol. The largest absolute Gasteiger partial charge is 0.370 e. The van der Waals surface area contributed by atoms with Gasteiger partial charge < -0.3 is 10.7 Å². The van der Waals surface area contributed by atoms with Gasteiger partial charge >= 0.3 is 0 Å². The summed E-state index contributed by atoms with van der Waals surface area (Å²) in [4.78, 5) is 8.39. The van der Waals surface area contributed by atoms with Gasteiger partial charge in [-0.3, -0.25) is 0 Å². The summed E-state index contributed by atoms with van der Waals surface area (Å²) in [6.45, 7) is 5.06. The van der Waals surface area contributed by atoms with Gasteiger partial charge in [0, 0.05) is 26.2 Å². The van der Waals surface area contributed by atoms with Gasteiger partial charge in [-0.1, -0.05) is 6.92 Å². The molecule has 0 saturated carbocycles. The van der Waals surface area contributed by atoms with Crippen LogP contribution in [-0.2, 0) is 0 Å². The summed E-state index contributed by atoms with van der Waals surface area (Å²) in [5.74, 6) is 1.74. The molecule has 0 aliphatic heterocycles. The molecule has 2 N–H and O–H groups in total. The van der Waals surface area contributed by atoms with E-state index in [4.69, 9.17) is 0 Å². The Hall–Kier alpha value is -1.36. The second-order valence-electron chi connectivity index (χ2n) is 3.63. The van der Waals surface area contributed by atoms with Crippen LogP contribution in [0.15, 0.2) is 6.33 Å². The standard InChI is InChI=1S/C10H19N5/c1-5-6-11-9-8(2)10(13-7-12-9)14-15(3)4/h7H,5-6H2,1-4H3,(H2,11,12,13,14). The molecular weight excluding hydrogens is 190 g/mol. The highest BCUT2D eigenvalue weighted by Crippen LogP contribution is 2.17. The molecule has 1 rings (SSSR count). The van der Waals surface area contributed by atoms with Crippen LogP contribution in [0.4, 0.5) is 11.6 Å². The van der Waals surface area contributed by atoms with Gasteiger partial charge in [-0.2, -0.15) is 0 Å². The van der Waals surface area contributed by atoms with Crippen molar-refractivity contribution in [3.63, 3.8) is 0 Å². The molecule has 1 aromatic rings.